The van der Waals surface area contributed by atoms with Gasteiger partial charge in [-0.3, -0.25) is 0 Å². The Balaban J connectivity index is 0. The molecule has 0 aliphatic carbocycles. The van der Waals surface area contributed by atoms with Crippen LogP contribution in [-0.2, 0) is 25.2 Å². The molecular weight excluding hydrogens is 274 g/mol. The molecular formula is C3H4ClORe-. The van der Waals surface area contributed by atoms with Gasteiger partial charge in [-0.15, -0.1) is 0 Å². The maximum Gasteiger partial charge on any atom is 0 e. The van der Waals surface area contributed by atoms with Crippen molar-refractivity contribution in [1.82, 2.24) is 0 Å². The molecule has 3 heteroatoms. The minimum absolute atomic E-state index is 0. The summed E-state index contributed by atoms with van der Waals surface area (Å²) in [6.45, 7) is 1.56. The van der Waals surface area contributed by atoms with E-state index >= 15 is 0 Å². The molecule has 0 saturated carbocycles. The van der Waals surface area contributed by atoms with Crippen molar-refractivity contribution < 1.29 is 25.2 Å². The fourth-order valence-electron chi connectivity index (χ4n) is 0. The second-order valence-electron chi connectivity index (χ2n) is 0.734. The Morgan fingerprint density at radius 3 is 2.00 bits per heavy atom. The van der Waals surface area contributed by atoms with Gasteiger partial charge in [0.15, 0.2) is 0 Å². The van der Waals surface area contributed by atoms with E-state index in [2.05, 4.69) is 0 Å². The maximum atomic E-state index is 9.25. The van der Waals surface area contributed by atoms with E-state index in [-0.39, 0.29) is 20.4 Å². The Labute approximate surface area is 55.7 Å². The van der Waals surface area contributed by atoms with Gasteiger partial charge in [0.05, 0.1) is 0 Å². The quantitative estimate of drug-likeness (QED) is 0.510. The second kappa shape index (κ2) is 5.62. The SMILES string of the molecule is CC(Cl)[C-]=O.[Re]. The topological polar surface area (TPSA) is 17.1 Å². The fraction of sp³-hybridized carbons (Fsp3) is 0.667. The van der Waals surface area contributed by atoms with Crippen molar-refractivity contribution in [3.8, 4) is 0 Å². The third-order valence-corrected chi connectivity index (χ3v) is 0.251. The van der Waals surface area contributed by atoms with Crippen LogP contribution in [0.1, 0.15) is 6.92 Å². The van der Waals surface area contributed by atoms with E-state index in [1.54, 1.807) is 13.2 Å². The molecule has 0 aliphatic rings. The molecule has 1 nitrogen and oxygen atoms in total. The Hall–Kier alpha value is 0.622. The summed E-state index contributed by atoms with van der Waals surface area (Å²) >= 11 is 5.04. The van der Waals surface area contributed by atoms with Crippen molar-refractivity contribution >= 4 is 17.9 Å². The average Bonchev–Trinajstić information content (AvgIpc) is 1.38. The first-order valence-electron chi connectivity index (χ1n) is 1.29. The number of carbonyl (C=O) groups excluding carboxylic acids is 1. The minimum Gasteiger partial charge on any atom is -0.540 e. The van der Waals surface area contributed by atoms with E-state index in [0.29, 0.717) is 0 Å². The summed E-state index contributed by atoms with van der Waals surface area (Å²) in [7, 11) is 0. The predicted octanol–water partition coefficient (Wildman–Crippen LogP) is 0.721. The molecule has 37 valence electrons. The first-order chi connectivity index (χ1) is 2.27. The van der Waals surface area contributed by atoms with Gasteiger partial charge in [0, 0.05) is 20.4 Å². The Kier molecular flexibility index (Phi) is 9.18. The molecule has 0 fully saturated rings. The van der Waals surface area contributed by atoms with E-state index in [1.165, 1.54) is 0 Å². The van der Waals surface area contributed by atoms with Gasteiger partial charge in [0.25, 0.3) is 0 Å². The van der Waals surface area contributed by atoms with Gasteiger partial charge in [-0.25, -0.2) is 6.29 Å². The van der Waals surface area contributed by atoms with Crippen LogP contribution in [0.5, 0.6) is 0 Å². The number of rotatable bonds is 1. The van der Waals surface area contributed by atoms with Crippen LogP contribution in [0.4, 0.5) is 0 Å². The molecule has 0 rings (SSSR count). The molecule has 0 heterocycles. The molecule has 0 aromatic carbocycles. The van der Waals surface area contributed by atoms with Gasteiger partial charge in [0.2, 0.25) is 0 Å². The van der Waals surface area contributed by atoms with E-state index < -0.39 is 5.38 Å². The van der Waals surface area contributed by atoms with Gasteiger partial charge >= 0.3 is 0 Å². The van der Waals surface area contributed by atoms with E-state index in [1.807, 2.05) is 0 Å². The fourth-order valence-corrected chi connectivity index (χ4v) is 0. The van der Waals surface area contributed by atoms with Crippen LogP contribution in [0, 0.1) is 0 Å². The van der Waals surface area contributed by atoms with Crippen molar-refractivity contribution in [3.05, 3.63) is 0 Å². The standard InChI is InChI=1S/C3H4ClO.Re/c1-3(4)2-5;/h3H,1H3;/q-1;. The summed E-state index contributed by atoms with van der Waals surface area (Å²) in [6, 6.07) is 0. The van der Waals surface area contributed by atoms with Crippen LogP contribution in [0.15, 0.2) is 0 Å². The second-order valence-corrected chi connectivity index (χ2v) is 1.39. The van der Waals surface area contributed by atoms with Gasteiger partial charge in [-0.1, -0.05) is 12.3 Å². The molecule has 0 aromatic rings. The van der Waals surface area contributed by atoms with Gasteiger partial charge in [-0.2, -0.15) is 11.6 Å². The molecule has 0 bridgehead atoms. The van der Waals surface area contributed by atoms with E-state index in [9.17, 15) is 4.79 Å². The normalized spacial score (nSPS) is 11.7. The largest absolute Gasteiger partial charge is 0.540 e. The zero-order valence-corrected chi connectivity index (χ0v) is 6.71. The van der Waals surface area contributed by atoms with Crippen molar-refractivity contribution in [3.63, 3.8) is 0 Å². The van der Waals surface area contributed by atoms with Crippen molar-refractivity contribution in [2.45, 2.75) is 12.3 Å². The summed E-state index contributed by atoms with van der Waals surface area (Å²) in [5, 5.41) is -0.449. The molecule has 0 spiro atoms. The van der Waals surface area contributed by atoms with Gasteiger partial charge < -0.3 is 4.79 Å². The zero-order chi connectivity index (χ0) is 4.28. The van der Waals surface area contributed by atoms with Crippen molar-refractivity contribution in [2.75, 3.05) is 0 Å². The Morgan fingerprint density at radius 1 is 1.83 bits per heavy atom. The summed E-state index contributed by atoms with van der Waals surface area (Å²) < 4.78 is 0. The molecule has 0 amide bonds. The molecule has 0 N–H and O–H groups in total. The number of alkyl halides is 1. The monoisotopic (exact) mass is 278 g/mol. The summed E-state index contributed by atoms with van der Waals surface area (Å²) in [6.07, 6.45) is 1.54. The first-order valence-corrected chi connectivity index (χ1v) is 1.72. The molecule has 0 aliphatic heterocycles. The molecule has 0 saturated heterocycles. The van der Waals surface area contributed by atoms with Crippen molar-refractivity contribution in [1.29, 1.82) is 0 Å². The van der Waals surface area contributed by atoms with Crippen molar-refractivity contribution in [2.24, 2.45) is 0 Å². The average molecular weight is 278 g/mol. The molecule has 0 aromatic heterocycles. The van der Waals surface area contributed by atoms with E-state index in [0.717, 1.165) is 0 Å². The van der Waals surface area contributed by atoms with Gasteiger partial charge in [-0.05, 0) is 0 Å². The summed E-state index contributed by atoms with van der Waals surface area (Å²) in [5.41, 5.74) is 0. The van der Waals surface area contributed by atoms with Crippen LogP contribution in [-0.4, -0.2) is 11.7 Å². The molecule has 1 radical (unpaired) electrons. The third-order valence-electron chi connectivity index (χ3n) is 0.162. The van der Waals surface area contributed by atoms with Crippen LogP contribution in [0.3, 0.4) is 0 Å². The smallest absolute Gasteiger partial charge is 0 e. The zero-order valence-electron chi connectivity index (χ0n) is 3.24. The Morgan fingerprint density at radius 2 is 2.00 bits per heavy atom. The first kappa shape index (κ1) is 9.80. The number of halogens is 1. The van der Waals surface area contributed by atoms with Crippen LogP contribution in [0.25, 0.3) is 0 Å². The Bertz CT molecular complexity index is 37.8. The third kappa shape index (κ3) is 8.82. The molecule has 6 heavy (non-hydrogen) atoms. The minimum atomic E-state index is -0.449. The maximum absolute atomic E-state index is 9.25. The summed E-state index contributed by atoms with van der Waals surface area (Å²) in [4.78, 5) is 9.25. The number of hydrogen-bond acceptors (Lipinski definition) is 1. The van der Waals surface area contributed by atoms with E-state index in [4.69, 9.17) is 11.6 Å². The predicted molar refractivity (Wildman–Crippen MR) is 21.0 cm³/mol. The van der Waals surface area contributed by atoms with Gasteiger partial charge in [0.1, 0.15) is 0 Å². The molecule has 1 unspecified atom stereocenters. The summed E-state index contributed by atoms with van der Waals surface area (Å²) in [5.74, 6) is 0. The number of hydrogen-bond donors (Lipinski definition) is 0. The van der Waals surface area contributed by atoms with Crippen LogP contribution >= 0.6 is 11.6 Å². The van der Waals surface area contributed by atoms with Crippen LogP contribution < -0.4 is 0 Å². The molecule has 1 atom stereocenters. The van der Waals surface area contributed by atoms with Crippen LogP contribution in [0.2, 0.25) is 0 Å².